The number of likely N-dealkylation sites (tertiary alicyclic amines) is 2. The van der Waals surface area contributed by atoms with Crippen LogP contribution < -0.4 is 4.74 Å². The fourth-order valence-electron chi connectivity index (χ4n) is 5.26. The summed E-state index contributed by atoms with van der Waals surface area (Å²) in [5, 5.41) is 0. The second-order valence-electron chi connectivity index (χ2n) is 10.5. The van der Waals surface area contributed by atoms with E-state index in [2.05, 4.69) is 26.0 Å². The molecule has 6 heteroatoms. The lowest BCUT2D eigenvalue weighted by Gasteiger charge is -2.37. The molecule has 0 unspecified atom stereocenters. The number of ketones is 1. The third-order valence-electron chi connectivity index (χ3n) is 7.36. The molecule has 2 amide bonds. The van der Waals surface area contributed by atoms with E-state index < -0.39 is 0 Å². The smallest absolute Gasteiger partial charge is 0.260 e. The Balaban J connectivity index is 1.19. The molecule has 0 spiro atoms. The second kappa shape index (κ2) is 12.2. The molecule has 0 aromatic heterocycles. The summed E-state index contributed by atoms with van der Waals surface area (Å²) in [5.41, 5.74) is 2.04. The van der Waals surface area contributed by atoms with E-state index in [1.165, 1.54) is 5.56 Å². The summed E-state index contributed by atoms with van der Waals surface area (Å²) in [7, 11) is 0. The third kappa shape index (κ3) is 6.74. The van der Waals surface area contributed by atoms with E-state index in [1.807, 2.05) is 47.4 Å². The second-order valence-corrected chi connectivity index (χ2v) is 10.5. The molecule has 0 N–H and O–H groups in total. The molecule has 0 bridgehead atoms. The highest BCUT2D eigenvalue weighted by molar-refractivity contribution is 5.98. The molecule has 2 saturated heterocycles. The first-order valence-electron chi connectivity index (χ1n) is 13.3. The van der Waals surface area contributed by atoms with Crippen LogP contribution in [0.5, 0.6) is 5.75 Å². The summed E-state index contributed by atoms with van der Waals surface area (Å²) in [5.74, 6) is 1.53. The predicted octanol–water partition coefficient (Wildman–Crippen LogP) is 4.62. The van der Waals surface area contributed by atoms with Gasteiger partial charge in [0.25, 0.3) is 5.91 Å². The summed E-state index contributed by atoms with van der Waals surface area (Å²) in [6.07, 6.45) is 3.80. The number of rotatable bonds is 8. The average molecular weight is 491 g/mol. The summed E-state index contributed by atoms with van der Waals surface area (Å²) in [6.45, 7) is 6.82. The lowest BCUT2D eigenvalue weighted by molar-refractivity contribution is -0.142. The third-order valence-corrected chi connectivity index (χ3v) is 7.36. The Morgan fingerprint density at radius 3 is 2.00 bits per heavy atom. The Kier molecular flexibility index (Phi) is 8.79. The zero-order valence-corrected chi connectivity index (χ0v) is 21.5. The van der Waals surface area contributed by atoms with Gasteiger partial charge in [-0.1, -0.05) is 56.3 Å². The number of para-hydroxylation sites is 1. The van der Waals surface area contributed by atoms with Crippen molar-refractivity contribution in [2.75, 3.05) is 32.8 Å². The summed E-state index contributed by atoms with van der Waals surface area (Å²) in [6, 6.07) is 17.4. The Morgan fingerprint density at radius 2 is 1.39 bits per heavy atom. The zero-order valence-electron chi connectivity index (χ0n) is 21.5. The number of benzene rings is 2. The minimum Gasteiger partial charge on any atom is -0.484 e. The molecule has 2 heterocycles. The molecular weight excluding hydrogens is 452 g/mol. The first-order valence-corrected chi connectivity index (χ1v) is 13.3. The van der Waals surface area contributed by atoms with Crippen LogP contribution >= 0.6 is 0 Å². The van der Waals surface area contributed by atoms with Crippen LogP contribution in [0.1, 0.15) is 55.5 Å². The summed E-state index contributed by atoms with van der Waals surface area (Å²) in [4.78, 5) is 42.4. The molecule has 2 fully saturated rings. The van der Waals surface area contributed by atoms with Gasteiger partial charge in [-0.05, 0) is 55.7 Å². The van der Waals surface area contributed by atoms with Gasteiger partial charge in [-0.25, -0.2) is 0 Å². The summed E-state index contributed by atoms with van der Waals surface area (Å²) < 4.78 is 5.58. The lowest BCUT2D eigenvalue weighted by Crippen LogP contribution is -2.47. The van der Waals surface area contributed by atoms with Gasteiger partial charge in [-0.15, -0.1) is 0 Å². The number of ether oxygens (including phenoxy) is 1. The van der Waals surface area contributed by atoms with Crippen molar-refractivity contribution in [3.05, 3.63) is 65.7 Å². The first kappa shape index (κ1) is 25.9. The van der Waals surface area contributed by atoms with Crippen LogP contribution in [0.3, 0.4) is 0 Å². The Bertz CT molecular complexity index is 1020. The number of Topliss-reactive ketones (excluding diaryl/α,β-unsaturated/α-hetero) is 1. The van der Waals surface area contributed by atoms with Crippen molar-refractivity contribution < 1.29 is 19.1 Å². The Hall–Kier alpha value is -3.15. The number of amides is 2. The van der Waals surface area contributed by atoms with Crippen molar-refractivity contribution in [2.45, 2.75) is 46.0 Å². The Labute approximate surface area is 214 Å². The quantitative estimate of drug-likeness (QED) is 0.507. The van der Waals surface area contributed by atoms with E-state index in [-0.39, 0.29) is 36.0 Å². The Morgan fingerprint density at radius 1 is 0.806 bits per heavy atom. The number of piperidine rings is 2. The van der Waals surface area contributed by atoms with E-state index in [0.717, 1.165) is 12.0 Å². The number of carbonyl (C=O) groups excluding carboxylic acids is 3. The molecule has 4 rings (SSSR count). The van der Waals surface area contributed by atoms with Crippen molar-refractivity contribution in [1.29, 1.82) is 0 Å². The molecular formula is C30H38N2O4. The predicted molar refractivity (Wildman–Crippen MR) is 140 cm³/mol. The minimum atomic E-state index is -0.0511. The van der Waals surface area contributed by atoms with Gasteiger partial charge < -0.3 is 14.5 Å². The van der Waals surface area contributed by atoms with Crippen molar-refractivity contribution in [1.82, 2.24) is 9.80 Å². The normalized spacial score (nSPS) is 17.3. The zero-order chi connectivity index (χ0) is 25.5. The molecule has 0 atom stereocenters. The standard InChI is InChI=1S/C30H38N2O4/c1-22(2)20-23-8-10-24(11-9-23)29(34)25-12-18-32(19-13-25)30(35)26-14-16-31(17-15-26)28(33)21-36-27-6-4-3-5-7-27/h3-11,22,25-26H,12-21H2,1-2H3. The molecule has 2 aromatic carbocycles. The molecule has 192 valence electrons. The van der Waals surface area contributed by atoms with Gasteiger partial charge in [-0.3, -0.25) is 14.4 Å². The maximum absolute atomic E-state index is 13.1. The largest absolute Gasteiger partial charge is 0.484 e. The van der Waals surface area contributed by atoms with Crippen LogP contribution in [-0.4, -0.2) is 60.2 Å². The maximum atomic E-state index is 13.1. The van der Waals surface area contributed by atoms with Gasteiger partial charge in [0, 0.05) is 43.6 Å². The fourth-order valence-corrected chi connectivity index (χ4v) is 5.26. The van der Waals surface area contributed by atoms with E-state index in [9.17, 15) is 14.4 Å². The SMILES string of the molecule is CC(C)Cc1ccc(C(=O)C2CCN(C(=O)C3CCN(C(=O)COc4ccccc4)CC3)CC2)cc1. The van der Waals surface area contributed by atoms with Crippen molar-refractivity contribution in [2.24, 2.45) is 17.8 Å². The van der Waals surface area contributed by atoms with Crippen molar-refractivity contribution in [3.8, 4) is 5.75 Å². The molecule has 2 aliphatic heterocycles. The number of hydrogen-bond donors (Lipinski definition) is 0. The first-order chi connectivity index (χ1) is 17.4. The highest BCUT2D eigenvalue weighted by Gasteiger charge is 2.33. The minimum absolute atomic E-state index is 0.0185. The summed E-state index contributed by atoms with van der Waals surface area (Å²) >= 11 is 0. The van der Waals surface area contributed by atoms with Gasteiger partial charge in [-0.2, -0.15) is 0 Å². The highest BCUT2D eigenvalue weighted by Crippen LogP contribution is 2.26. The average Bonchev–Trinajstić information content (AvgIpc) is 2.92. The molecule has 0 saturated carbocycles. The van der Waals surface area contributed by atoms with Crippen LogP contribution in [-0.2, 0) is 16.0 Å². The lowest BCUT2D eigenvalue weighted by atomic mass is 9.87. The van der Waals surface area contributed by atoms with Crippen molar-refractivity contribution in [3.63, 3.8) is 0 Å². The maximum Gasteiger partial charge on any atom is 0.260 e. The molecule has 2 aromatic rings. The topological polar surface area (TPSA) is 66.9 Å². The number of nitrogens with zero attached hydrogens (tertiary/aromatic N) is 2. The van der Waals surface area contributed by atoms with Crippen LogP contribution in [0, 0.1) is 17.8 Å². The monoisotopic (exact) mass is 490 g/mol. The number of hydrogen-bond acceptors (Lipinski definition) is 4. The fraction of sp³-hybridized carbons (Fsp3) is 0.500. The van der Waals surface area contributed by atoms with Crippen LogP contribution in [0.25, 0.3) is 0 Å². The van der Waals surface area contributed by atoms with Crippen LogP contribution in [0.4, 0.5) is 0 Å². The molecule has 36 heavy (non-hydrogen) atoms. The van der Waals surface area contributed by atoms with Gasteiger partial charge in [0.2, 0.25) is 5.91 Å². The van der Waals surface area contributed by atoms with Crippen LogP contribution in [0.2, 0.25) is 0 Å². The highest BCUT2D eigenvalue weighted by atomic mass is 16.5. The molecule has 2 aliphatic rings. The number of carbonyl (C=O) groups is 3. The van der Waals surface area contributed by atoms with E-state index in [0.29, 0.717) is 63.5 Å². The van der Waals surface area contributed by atoms with Gasteiger partial charge in [0.05, 0.1) is 0 Å². The van der Waals surface area contributed by atoms with Gasteiger partial charge >= 0.3 is 0 Å². The van der Waals surface area contributed by atoms with Crippen LogP contribution in [0.15, 0.2) is 54.6 Å². The van der Waals surface area contributed by atoms with Gasteiger partial charge in [0.15, 0.2) is 12.4 Å². The van der Waals surface area contributed by atoms with E-state index in [4.69, 9.17) is 4.74 Å². The molecule has 0 radical (unpaired) electrons. The molecule has 6 nitrogen and oxygen atoms in total. The van der Waals surface area contributed by atoms with Gasteiger partial charge in [0.1, 0.15) is 5.75 Å². The van der Waals surface area contributed by atoms with E-state index in [1.54, 1.807) is 4.90 Å². The molecule has 0 aliphatic carbocycles. The van der Waals surface area contributed by atoms with E-state index >= 15 is 0 Å². The van der Waals surface area contributed by atoms with Crippen molar-refractivity contribution >= 4 is 17.6 Å².